The number of nitrogens with zero attached hydrogens (tertiary/aromatic N) is 1. The second-order valence-electron chi connectivity index (χ2n) is 4.16. The molecule has 22 heavy (non-hydrogen) atoms. The summed E-state index contributed by atoms with van der Waals surface area (Å²) in [5.41, 5.74) is -0.442. The number of carbonyl (C=O) groups is 1. The van der Waals surface area contributed by atoms with Crippen LogP contribution in [0.15, 0.2) is 18.2 Å². The Labute approximate surface area is 128 Å². The number of nitro groups is 1. The monoisotopic (exact) mass is 312 g/mol. The van der Waals surface area contributed by atoms with Crippen LogP contribution < -0.4 is 10.1 Å². The third-order valence-corrected chi connectivity index (χ3v) is 2.78. The first-order valence-corrected chi connectivity index (χ1v) is 6.87. The summed E-state index contributed by atoms with van der Waals surface area (Å²) >= 11 is 0. The van der Waals surface area contributed by atoms with E-state index in [9.17, 15) is 14.9 Å². The Morgan fingerprint density at radius 2 is 1.95 bits per heavy atom. The minimum absolute atomic E-state index is 0.0313. The van der Waals surface area contributed by atoms with Crippen LogP contribution in [0, 0.1) is 10.1 Å². The van der Waals surface area contributed by atoms with Crippen molar-refractivity contribution < 1.29 is 23.9 Å². The Kier molecular flexibility index (Phi) is 7.27. The van der Waals surface area contributed by atoms with Crippen LogP contribution in [0.4, 0.5) is 5.69 Å². The van der Waals surface area contributed by atoms with Crippen LogP contribution in [0.25, 0.3) is 0 Å². The molecule has 1 N–H and O–H groups in total. The highest BCUT2D eigenvalue weighted by atomic mass is 16.7. The van der Waals surface area contributed by atoms with E-state index in [2.05, 4.69) is 5.32 Å². The van der Waals surface area contributed by atoms with Crippen molar-refractivity contribution in [2.45, 2.75) is 20.1 Å². The van der Waals surface area contributed by atoms with E-state index in [-0.39, 0.29) is 23.5 Å². The fourth-order valence-corrected chi connectivity index (χ4v) is 1.87. The molecule has 0 bridgehead atoms. The average molecular weight is 312 g/mol. The lowest BCUT2D eigenvalue weighted by Gasteiger charge is -2.17. The molecular weight excluding hydrogens is 292 g/mol. The van der Waals surface area contributed by atoms with E-state index >= 15 is 0 Å². The van der Waals surface area contributed by atoms with Crippen molar-refractivity contribution in [3.8, 4) is 5.75 Å². The zero-order valence-corrected chi connectivity index (χ0v) is 12.8. The van der Waals surface area contributed by atoms with Gasteiger partial charge in [0.1, 0.15) is 5.56 Å². The maximum atomic E-state index is 12.2. The number of para-hydroxylation sites is 1. The van der Waals surface area contributed by atoms with Crippen LogP contribution in [0.5, 0.6) is 5.75 Å². The highest BCUT2D eigenvalue weighted by Crippen LogP contribution is 2.30. The summed E-state index contributed by atoms with van der Waals surface area (Å²) in [6, 6.07) is 4.31. The number of benzene rings is 1. The van der Waals surface area contributed by atoms with Crippen molar-refractivity contribution in [2.24, 2.45) is 0 Å². The number of nitro benzene ring substituents is 1. The molecule has 0 aromatic heterocycles. The van der Waals surface area contributed by atoms with Gasteiger partial charge in [0.05, 0.1) is 18.6 Å². The number of hydrogen-bond donors (Lipinski definition) is 1. The summed E-state index contributed by atoms with van der Waals surface area (Å²) < 4.78 is 15.5. The van der Waals surface area contributed by atoms with Gasteiger partial charge in [-0.25, -0.2) is 0 Å². The zero-order valence-electron chi connectivity index (χ0n) is 12.8. The van der Waals surface area contributed by atoms with Crippen LogP contribution in [0.2, 0.25) is 0 Å². The molecule has 0 spiro atoms. The predicted molar refractivity (Wildman–Crippen MR) is 79.0 cm³/mol. The highest BCUT2D eigenvalue weighted by Gasteiger charge is 2.25. The molecule has 0 aliphatic rings. The SMILES string of the molecule is CCOC(CNC(=O)c1cccc(OC)c1[N+](=O)[O-])OCC. The van der Waals surface area contributed by atoms with Gasteiger partial charge >= 0.3 is 5.69 Å². The van der Waals surface area contributed by atoms with Gasteiger partial charge in [-0.05, 0) is 26.0 Å². The second kappa shape index (κ2) is 8.96. The fraction of sp³-hybridized carbons (Fsp3) is 0.500. The van der Waals surface area contributed by atoms with E-state index in [1.54, 1.807) is 13.8 Å². The smallest absolute Gasteiger partial charge is 0.323 e. The minimum Gasteiger partial charge on any atom is -0.490 e. The van der Waals surface area contributed by atoms with Crippen molar-refractivity contribution in [3.63, 3.8) is 0 Å². The van der Waals surface area contributed by atoms with Gasteiger partial charge in [0.15, 0.2) is 12.0 Å². The second-order valence-corrected chi connectivity index (χ2v) is 4.16. The summed E-state index contributed by atoms with van der Waals surface area (Å²) in [7, 11) is 1.31. The van der Waals surface area contributed by atoms with Gasteiger partial charge in [-0.1, -0.05) is 6.07 Å². The molecule has 0 atom stereocenters. The quantitative estimate of drug-likeness (QED) is 0.423. The summed E-state index contributed by atoms with van der Waals surface area (Å²) in [6.07, 6.45) is -0.594. The molecule has 122 valence electrons. The normalized spacial score (nSPS) is 10.5. The molecule has 0 fully saturated rings. The number of amides is 1. The van der Waals surface area contributed by atoms with Crippen LogP contribution in [0.1, 0.15) is 24.2 Å². The number of nitrogens with one attached hydrogen (secondary N) is 1. The van der Waals surface area contributed by atoms with Crippen LogP contribution in [-0.4, -0.2) is 44.0 Å². The Hall–Kier alpha value is -2.19. The molecule has 0 aliphatic heterocycles. The Morgan fingerprint density at radius 3 is 2.45 bits per heavy atom. The standard InChI is InChI=1S/C14H20N2O6/c1-4-21-12(22-5-2)9-15-14(17)10-7-6-8-11(20-3)13(10)16(18)19/h6-8,12H,4-5,9H2,1-3H3,(H,15,17). The lowest BCUT2D eigenvalue weighted by atomic mass is 10.1. The molecule has 0 unspecified atom stereocenters. The van der Waals surface area contributed by atoms with Crippen molar-refractivity contribution in [2.75, 3.05) is 26.9 Å². The Morgan fingerprint density at radius 1 is 1.32 bits per heavy atom. The fourth-order valence-electron chi connectivity index (χ4n) is 1.87. The first-order chi connectivity index (χ1) is 10.5. The van der Waals surface area contributed by atoms with Gasteiger partial charge in [0.2, 0.25) is 0 Å². The number of methoxy groups -OCH3 is 1. The van der Waals surface area contributed by atoms with Gasteiger partial charge in [0.25, 0.3) is 5.91 Å². The van der Waals surface area contributed by atoms with E-state index in [1.165, 1.54) is 25.3 Å². The molecule has 1 amide bonds. The number of hydrogen-bond acceptors (Lipinski definition) is 6. The van der Waals surface area contributed by atoms with Crippen molar-refractivity contribution in [1.29, 1.82) is 0 Å². The maximum absolute atomic E-state index is 12.2. The van der Waals surface area contributed by atoms with Crippen molar-refractivity contribution >= 4 is 11.6 Å². The zero-order chi connectivity index (χ0) is 16.5. The summed E-state index contributed by atoms with van der Waals surface area (Å²) in [6.45, 7) is 4.57. The van der Waals surface area contributed by atoms with E-state index in [4.69, 9.17) is 14.2 Å². The predicted octanol–water partition coefficient (Wildman–Crippen LogP) is 1.73. The average Bonchev–Trinajstić information content (AvgIpc) is 2.51. The summed E-state index contributed by atoms with van der Waals surface area (Å²) in [5.74, 6) is -0.557. The Balaban J connectivity index is 2.87. The topological polar surface area (TPSA) is 99.9 Å². The highest BCUT2D eigenvalue weighted by molar-refractivity contribution is 5.99. The van der Waals surface area contributed by atoms with Gasteiger partial charge in [-0.15, -0.1) is 0 Å². The van der Waals surface area contributed by atoms with E-state index in [1.807, 2.05) is 0 Å². The Bertz CT molecular complexity index is 514. The molecule has 8 nitrogen and oxygen atoms in total. The lowest BCUT2D eigenvalue weighted by Crippen LogP contribution is -2.35. The third kappa shape index (κ3) is 4.68. The summed E-state index contributed by atoms with van der Waals surface area (Å²) in [4.78, 5) is 22.7. The molecule has 8 heteroatoms. The molecule has 1 aromatic rings. The number of rotatable bonds is 9. The van der Waals surface area contributed by atoms with Crippen molar-refractivity contribution in [1.82, 2.24) is 5.32 Å². The van der Waals surface area contributed by atoms with Crippen LogP contribution in [0.3, 0.4) is 0 Å². The molecule has 0 aliphatic carbocycles. The molecule has 0 saturated heterocycles. The van der Waals surface area contributed by atoms with Gasteiger partial charge < -0.3 is 19.5 Å². The largest absolute Gasteiger partial charge is 0.490 e. The summed E-state index contributed by atoms with van der Waals surface area (Å²) in [5, 5.41) is 13.7. The molecule has 0 heterocycles. The molecule has 0 saturated carbocycles. The maximum Gasteiger partial charge on any atom is 0.323 e. The van der Waals surface area contributed by atoms with E-state index in [0.29, 0.717) is 13.2 Å². The van der Waals surface area contributed by atoms with E-state index < -0.39 is 17.1 Å². The van der Waals surface area contributed by atoms with Gasteiger partial charge in [-0.3, -0.25) is 14.9 Å². The first-order valence-electron chi connectivity index (χ1n) is 6.87. The van der Waals surface area contributed by atoms with Gasteiger partial charge in [0, 0.05) is 13.2 Å². The molecule has 1 rings (SSSR count). The molecule has 1 aromatic carbocycles. The van der Waals surface area contributed by atoms with Crippen LogP contribution in [-0.2, 0) is 9.47 Å². The van der Waals surface area contributed by atoms with Crippen molar-refractivity contribution in [3.05, 3.63) is 33.9 Å². The number of carbonyl (C=O) groups excluding carboxylic acids is 1. The first kappa shape index (κ1) is 17.9. The lowest BCUT2D eigenvalue weighted by molar-refractivity contribution is -0.386. The van der Waals surface area contributed by atoms with Gasteiger partial charge in [-0.2, -0.15) is 0 Å². The molecule has 0 radical (unpaired) electrons. The van der Waals surface area contributed by atoms with Crippen LogP contribution >= 0.6 is 0 Å². The molecular formula is C14H20N2O6. The minimum atomic E-state index is -0.643. The van der Waals surface area contributed by atoms with E-state index in [0.717, 1.165) is 0 Å². The number of ether oxygens (including phenoxy) is 3. The third-order valence-electron chi connectivity index (χ3n) is 2.78.